The van der Waals surface area contributed by atoms with Gasteiger partial charge in [-0.1, -0.05) is 12.1 Å². The summed E-state index contributed by atoms with van der Waals surface area (Å²) in [5.74, 6) is 0.745. The van der Waals surface area contributed by atoms with Crippen LogP contribution in [0.15, 0.2) is 29.2 Å². The molecule has 21 heavy (non-hydrogen) atoms. The summed E-state index contributed by atoms with van der Waals surface area (Å²) in [6.45, 7) is 3.06. The molecule has 0 amide bonds. The molecule has 5 heteroatoms. The van der Waals surface area contributed by atoms with Crippen molar-refractivity contribution in [3.05, 3.63) is 24.3 Å². The van der Waals surface area contributed by atoms with Gasteiger partial charge in [0.15, 0.2) is 9.84 Å². The largest absolute Gasteiger partial charge is 0.370 e. The first kappa shape index (κ1) is 14.9. The van der Waals surface area contributed by atoms with Crippen LogP contribution in [0.25, 0.3) is 0 Å². The van der Waals surface area contributed by atoms with E-state index in [0.29, 0.717) is 10.9 Å². The standard InChI is InChI=1S/C16H24N2O2S/c1-21(19,20)16-7-3-2-6-15(16)18-11-8-13(9-12-18)14-5-4-10-17-14/h2-3,6-7,13-14,17H,4-5,8-12H2,1H3. The second-order valence-electron chi connectivity index (χ2n) is 6.27. The number of benzene rings is 1. The number of anilines is 1. The van der Waals surface area contributed by atoms with Crippen LogP contribution in [-0.2, 0) is 9.84 Å². The Labute approximate surface area is 127 Å². The molecule has 2 heterocycles. The minimum Gasteiger partial charge on any atom is -0.370 e. The van der Waals surface area contributed by atoms with Crippen molar-refractivity contribution in [3.63, 3.8) is 0 Å². The van der Waals surface area contributed by atoms with Crippen molar-refractivity contribution in [2.75, 3.05) is 30.8 Å². The molecule has 0 aromatic heterocycles. The number of rotatable bonds is 3. The van der Waals surface area contributed by atoms with E-state index in [1.165, 1.54) is 19.1 Å². The van der Waals surface area contributed by atoms with Crippen molar-refractivity contribution < 1.29 is 8.42 Å². The fraction of sp³-hybridized carbons (Fsp3) is 0.625. The van der Waals surface area contributed by atoms with E-state index in [4.69, 9.17) is 0 Å². The Morgan fingerprint density at radius 2 is 1.86 bits per heavy atom. The molecule has 1 N–H and O–H groups in total. The molecule has 2 saturated heterocycles. The van der Waals surface area contributed by atoms with Crippen LogP contribution in [0.5, 0.6) is 0 Å². The molecule has 0 saturated carbocycles. The Bertz CT molecular complexity index is 586. The zero-order valence-corrected chi connectivity index (χ0v) is 13.4. The number of para-hydroxylation sites is 1. The molecule has 116 valence electrons. The van der Waals surface area contributed by atoms with E-state index in [-0.39, 0.29) is 0 Å². The van der Waals surface area contributed by atoms with E-state index in [0.717, 1.165) is 44.1 Å². The van der Waals surface area contributed by atoms with Crippen molar-refractivity contribution in [2.24, 2.45) is 5.92 Å². The highest BCUT2D eigenvalue weighted by Crippen LogP contribution is 2.31. The van der Waals surface area contributed by atoms with Gasteiger partial charge in [-0.05, 0) is 50.3 Å². The topological polar surface area (TPSA) is 49.4 Å². The van der Waals surface area contributed by atoms with Gasteiger partial charge in [-0.25, -0.2) is 8.42 Å². The Morgan fingerprint density at radius 1 is 1.14 bits per heavy atom. The zero-order valence-electron chi connectivity index (χ0n) is 12.6. The fourth-order valence-corrected chi connectivity index (χ4v) is 4.59. The second kappa shape index (κ2) is 5.97. The summed E-state index contributed by atoms with van der Waals surface area (Å²) in [5, 5.41) is 3.60. The summed E-state index contributed by atoms with van der Waals surface area (Å²) in [5.41, 5.74) is 0.873. The Balaban J connectivity index is 1.72. The Morgan fingerprint density at radius 3 is 2.48 bits per heavy atom. The molecule has 2 aliphatic heterocycles. The Kier molecular flexibility index (Phi) is 4.22. The number of hydrogen-bond acceptors (Lipinski definition) is 4. The average Bonchev–Trinajstić information content (AvgIpc) is 3.01. The van der Waals surface area contributed by atoms with E-state index in [9.17, 15) is 8.42 Å². The van der Waals surface area contributed by atoms with E-state index in [2.05, 4.69) is 10.2 Å². The van der Waals surface area contributed by atoms with E-state index >= 15 is 0 Å². The zero-order chi connectivity index (χ0) is 14.9. The molecule has 1 aromatic carbocycles. The normalized spacial score (nSPS) is 24.4. The monoisotopic (exact) mass is 308 g/mol. The van der Waals surface area contributed by atoms with E-state index in [1.807, 2.05) is 12.1 Å². The van der Waals surface area contributed by atoms with Crippen LogP contribution in [0, 0.1) is 5.92 Å². The third kappa shape index (κ3) is 3.24. The van der Waals surface area contributed by atoms with Crippen molar-refractivity contribution in [2.45, 2.75) is 36.6 Å². The number of nitrogens with zero attached hydrogens (tertiary/aromatic N) is 1. The molecular weight excluding hydrogens is 284 g/mol. The molecule has 0 aliphatic carbocycles. The van der Waals surface area contributed by atoms with Crippen molar-refractivity contribution in [3.8, 4) is 0 Å². The van der Waals surface area contributed by atoms with Crippen molar-refractivity contribution in [1.29, 1.82) is 0 Å². The van der Waals surface area contributed by atoms with Gasteiger partial charge in [-0.15, -0.1) is 0 Å². The van der Waals surface area contributed by atoms with Crippen LogP contribution in [0.4, 0.5) is 5.69 Å². The first-order valence-electron chi connectivity index (χ1n) is 7.83. The van der Waals surface area contributed by atoms with Crippen LogP contribution >= 0.6 is 0 Å². The lowest BCUT2D eigenvalue weighted by molar-refractivity contribution is 0.318. The number of piperidine rings is 1. The van der Waals surface area contributed by atoms with Gasteiger partial charge in [0, 0.05) is 25.4 Å². The maximum absolute atomic E-state index is 11.9. The summed E-state index contributed by atoms with van der Waals surface area (Å²) in [4.78, 5) is 2.70. The molecule has 3 rings (SSSR count). The molecule has 2 fully saturated rings. The van der Waals surface area contributed by atoms with Crippen LogP contribution in [0.2, 0.25) is 0 Å². The van der Waals surface area contributed by atoms with Crippen LogP contribution in [0.1, 0.15) is 25.7 Å². The molecule has 1 aromatic rings. The SMILES string of the molecule is CS(=O)(=O)c1ccccc1N1CCC(C2CCCN2)CC1. The Hall–Kier alpha value is -1.07. The molecule has 1 atom stereocenters. The third-order valence-corrected chi connectivity index (χ3v) is 5.96. The summed E-state index contributed by atoms with van der Waals surface area (Å²) in [6, 6.07) is 8.06. The van der Waals surface area contributed by atoms with Gasteiger partial charge in [-0.2, -0.15) is 0 Å². The maximum Gasteiger partial charge on any atom is 0.177 e. The van der Waals surface area contributed by atoms with Gasteiger partial charge in [0.25, 0.3) is 0 Å². The lowest BCUT2D eigenvalue weighted by Gasteiger charge is -2.36. The predicted molar refractivity (Wildman–Crippen MR) is 85.5 cm³/mol. The summed E-state index contributed by atoms with van der Waals surface area (Å²) in [6.07, 6.45) is 6.18. The first-order chi connectivity index (χ1) is 10.1. The lowest BCUT2D eigenvalue weighted by atomic mass is 9.88. The van der Waals surface area contributed by atoms with E-state index in [1.54, 1.807) is 12.1 Å². The van der Waals surface area contributed by atoms with Gasteiger partial charge in [0.05, 0.1) is 10.6 Å². The number of nitrogens with one attached hydrogen (secondary N) is 1. The van der Waals surface area contributed by atoms with Gasteiger partial charge in [0.2, 0.25) is 0 Å². The molecule has 2 aliphatic rings. The maximum atomic E-state index is 11.9. The number of hydrogen-bond donors (Lipinski definition) is 1. The molecule has 0 bridgehead atoms. The minimum absolute atomic E-state index is 0.461. The molecule has 4 nitrogen and oxygen atoms in total. The fourth-order valence-electron chi connectivity index (χ4n) is 3.69. The third-order valence-electron chi connectivity index (χ3n) is 4.81. The molecule has 0 spiro atoms. The van der Waals surface area contributed by atoms with Gasteiger partial charge in [-0.3, -0.25) is 0 Å². The van der Waals surface area contributed by atoms with Crippen LogP contribution in [-0.4, -0.2) is 40.3 Å². The summed E-state index contributed by atoms with van der Waals surface area (Å²) in [7, 11) is -3.17. The highest BCUT2D eigenvalue weighted by Gasteiger charge is 2.29. The van der Waals surface area contributed by atoms with Gasteiger partial charge >= 0.3 is 0 Å². The van der Waals surface area contributed by atoms with Crippen LogP contribution in [0.3, 0.4) is 0 Å². The second-order valence-corrected chi connectivity index (χ2v) is 8.25. The van der Waals surface area contributed by atoms with Gasteiger partial charge in [0.1, 0.15) is 0 Å². The highest BCUT2D eigenvalue weighted by atomic mass is 32.2. The minimum atomic E-state index is -3.17. The molecule has 0 radical (unpaired) electrons. The number of sulfone groups is 1. The average molecular weight is 308 g/mol. The molecule has 1 unspecified atom stereocenters. The van der Waals surface area contributed by atoms with Crippen molar-refractivity contribution in [1.82, 2.24) is 5.32 Å². The lowest BCUT2D eigenvalue weighted by Crippen LogP contribution is -2.41. The first-order valence-corrected chi connectivity index (χ1v) is 9.72. The summed E-state index contributed by atoms with van der Waals surface area (Å²) >= 11 is 0. The van der Waals surface area contributed by atoms with Crippen molar-refractivity contribution >= 4 is 15.5 Å². The van der Waals surface area contributed by atoms with Crippen LogP contribution < -0.4 is 10.2 Å². The highest BCUT2D eigenvalue weighted by molar-refractivity contribution is 7.90. The molecular formula is C16H24N2O2S. The summed E-state index contributed by atoms with van der Waals surface area (Å²) < 4.78 is 23.9. The van der Waals surface area contributed by atoms with Gasteiger partial charge < -0.3 is 10.2 Å². The van der Waals surface area contributed by atoms with E-state index < -0.39 is 9.84 Å². The smallest absolute Gasteiger partial charge is 0.177 e. The quantitative estimate of drug-likeness (QED) is 0.928. The predicted octanol–water partition coefficient (Wildman–Crippen LogP) is 2.06.